The van der Waals surface area contributed by atoms with Gasteiger partial charge in [0.05, 0.1) is 0 Å². The van der Waals surface area contributed by atoms with Gasteiger partial charge in [-0.05, 0) is 34.7 Å². The van der Waals surface area contributed by atoms with Crippen molar-refractivity contribution in [3.63, 3.8) is 0 Å². The fraction of sp³-hybridized carbons (Fsp3) is 0.0500. The monoisotopic (exact) mass is 580 g/mol. The second kappa shape index (κ2) is 11.3. The molecule has 1 aliphatic carbocycles. The van der Waals surface area contributed by atoms with Crippen molar-refractivity contribution in [2.45, 2.75) is 6.92 Å². The fourth-order valence-electron chi connectivity index (χ4n) is 5.84. The molecule has 5 nitrogen and oxygen atoms in total. The van der Waals surface area contributed by atoms with E-state index in [-0.39, 0.29) is 0 Å². The number of hydrogen-bond donors (Lipinski definition) is 0. The Morgan fingerprint density at radius 3 is 2.20 bits per heavy atom. The summed E-state index contributed by atoms with van der Waals surface area (Å²) in [5.74, 6) is 2.20. The number of fused-ring (bicyclic) bond motifs is 3. The number of aromatic nitrogens is 4. The molecule has 0 bridgehead atoms. The molecule has 0 aliphatic heterocycles. The maximum Gasteiger partial charge on any atom is 0.164 e. The molecule has 0 saturated heterocycles. The topological polar surface area (TPSA) is 64.7 Å². The zero-order chi connectivity index (χ0) is 30.2. The minimum atomic E-state index is 0.334. The number of rotatable bonds is 5. The smallest absolute Gasteiger partial charge is 0.164 e. The highest BCUT2D eigenvalue weighted by Gasteiger charge is 2.19. The van der Waals surface area contributed by atoms with Crippen molar-refractivity contribution in [3.8, 4) is 45.0 Å². The largest absolute Gasteiger partial charge is 0.455 e. The molecule has 0 saturated carbocycles. The average Bonchev–Trinajstić information content (AvgIpc) is 3.36. The van der Waals surface area contributed by atoms with E-state index < -0.39 is 0 Å². The van der Waals surface area contributed by atoms with E-state index in [2.05, 4.69) is 96.9 Å². The molecular weight excluding hydrogens is 552 g/mol. The molecule has 3 heterocycles. The summed E-state index contributed by atoms with van der Waals surface area (Å²) < 4.78 is 6.59. The first kappa shape index (κ1) is 26.7. The van der Waals surface area contributed by atoms with Crippen LogP contribution < -0.4 is 0 Å². The highest BCUT2D eigenvalue weighted by Crippen LogP contribution is 2.40. The molecule has 5 heteroatoms. The minimum Gasteiger partial charge on any atom is -0.455 e. The van der Waals surface area contributed by atoms with Crippen LogP contribution in [0.4, 0.5) is 0 Å². The van der Waals surface area contributed by atoms with Crippen LogP contribution in [0.15, 0.2) is 150 Å². The van der Waals surface area contributed by atoms with Gasteiger partial charge in [-0.15, -0.1) is 0 Å². The van der Waals surface area contributed by atoms with Gasteiger partial charge in [0.15, 0.2) is 17.5 Å². The lowest BCUT2D eigenvalue weighted by atomic mass is 9.98. The summed E-state index contributed by atoms with van der Waals surface area (Å²) >= 11 is 0. The molecule has 0 radical (unpaired) electrons. The van der Waals surface area contributed by atoms with Crippen molar-refractivity contribution in [2.24, 2.45) is 5.92 Å². The molecule has 0 spiro atoms. The standard InChI is InChI=1S/C40H28N4O/c1-26-9-5-12-30(19-18-26)39-42-38(29-10-3-2-4-11-29)43-40(44-39)34-16-7-17-35-36(34)33-15-6-14-32(37(33)45-35)28-22-20-27(21-23-28)31-13-8-24-41-25-31/h2-26H,1H3. The Morgan fingerprint density at radius 1 is 0.600 bits per heavy atom. The van der Waals surface area contributed by atoms with Gasteiger partial charge in [0, 0.05) is 45.4 Å². The molecule has 45 heavy (non-hydrogen) atoms. The summed E-state index contributed by atoms with van der Waals surface area (Å²) in [6, 6.07) is 35.0. The van der Waals surface area contributed by atoms with Crippen LogP contribution in [-0.4, -0.2) is 19.9 Å². The molecule has 0 N–H and O–H groups in total. The first-order valence-electron chi connectivity index (χ1n) is 15.1. The van der Waals surface area contributed by atoms with Crippen molar-refractivity contribution in [1.82, 2.24) is 19.9 Å². The summed E-state index contributed by atoms with van der Waals surface area (Å²) in [6.45, 7) is 2.16. The molecular formula is C40H28N4O. The Hall–Kier alpha value is -5.94. The third kappa shape index (κ3) is 5.04. The zero-order valence-corrected chi connectivity index (χ0v) is 24.6. The number of nitrogens with zero attached hydrogens (tertiary/aromatic N) is 4. The van der Waals surface area contributed by atoms with E-state index in [4.69, 9.17) is 19.4 Å². The molecule has 0 amide bonds. The van der Waals surface area contributed by atoms with Gasteiger partial charge in [-0.1, -0.05) is 128 Å². The maximum atomic E-state index is 6.59. The van der Waals surface area contributed by atoms with Gasteiger partial charge in [0.2, 0.25) is 0 Å². The summed E-state index contributed by atoms with van der Waals surface area (Å²) in [6.07, 6.45) is 14.2. The third-order valence-corrected chi connectivity index (χ3v) is 8.15. The van der Waals surface area contributed by atoms with Crippen LogP contribution in [0.1, 0.15) is 12.7 Å². The molecule has 214 valence electrons. The second-order valence-electron chi connectivity index (χ2n) is 11.2. The Kier molecular flexibility index (Phi) is 6.69. The maximum absolute atomic E-state index is 6.59. The minimum absolute atomic E-state index is 0.334. The molecule has 0 fully saturated rings. The highest BCUT2D eigenvalue weighted by atomic mass is 16.3. The van der Waals surface area contributed by atoms with Crippen LogP contribution in [0.25, 0.3) is 72.5 Å². The van der Waals surface area contributed by atoms with E-state index in [0.717, 1.165) is 60.9 Å². The van der Waals surface area contributed by atoms with E-state index in [1.54, 1.807) is 6.20 Å². The summed E-state index contributed by atoms with van der Waals surface area (Å²) in [4.78, 5) is 19.3. The summed E-state index contributed by atoms with van der Waals surface area (Å²) in [7, 11) is 0. The number of furan rings is 1. The van der Waals surface area contributed by atoms with Gasteiger partial charge in [-0.3, -0.25) is 4.98 Å². The van der Waals surface area contributed by atoms with Crippen LogP contribution in [0.3, 0.4) is 0 Å². The molecule has 1 atom stereocenters. The number of allylic oxidation sites excluding steroid dienone is 6. The van der Waals surface area contributed by atoms with Gasteiger partial charge in [0.1, 0.15) is 11.2 Å². The zero-order valence-electron chi connectivity index (χ0n) is 24.6. The van der Waals surface area contributed by atoms with Crippen molar-refractivity contribution >= 4 is 27.5 Å². The molecule has 1 aliphatic rings. The first-order valence-corrected chi connectivity index (χ1v) is 15.1. The fourth-order valence-corrected chi connectivity index (χ4v) is 5.84. The summed E-state index contributed by atoms with van der Waals surface area (Å²) in [5.41, 5.74) is 8.72. The Morgan fingerprint density at radius 2 is 1.36 bits per heavy atom. The van der Waals surface area contributed by atoms with Crippen LogP contribution in [0.5, 0.6) is 0 Å². The van der Waals surface area contributed by atoms with Gasteiger partial charge in [-0.25, -0.2) is 15.0 Å². The van der Waals surface area contributed by atoms with Crippen LogP contribution >= 0.6 is 0 Å². The normalized spacial score (nSPS) is 14.5. The predicted molar refractivity (Wildman–Crippen MR) is 182 cm³/mol. The van der Waals surface area contributed by atoms with Crippen molar-refractivity contribution in [1.29, 1.82) is 0 Å². The Labute approximate surface area is 261 Å². The van der Waals surface area contributed by atoms with E-state index in [1.807, 2.05) is 54.7 Å². The quantitative estimate of drug-likeness (QED) is 0.203. The van der Waals surface area contributed by atoms with Gasteiger partial charge in [0.25, 0.3) is 0 Å². The molecule has 7 aromatic rings. The lowest BCUT2D eigenvalue weighted by Gasteiger charge is -2.09. The average molecular weight is 581 g/mol. The van der Waals surface area contributed by atoms with Gasteiger partial charge in [-0.2, -0.15) is 0 Å². The van der Waals surface area contributed by atoms with Crippen LogP contribution in [-0.2, 0) is 0 Å². The Bertz CT molecular complexity index is 2260. The summed E-state index contributed by atoms with van der Waals surface area (Å²) in [5, 5.41) is 2.00. The van der Waals surface area contributed by atoms with E-state index >= 15 is 0 Å². The molecule has 8 rings (SSSR count). The highest BCUT2D eigenvalue weighted by molar-refractivity contribution is 6.15. The van der Waals surface area contributed by atoms with E-state index in [9.17, 15) is 0 Å². The first-order chi connectivity index (χ1) is 22.2. The van der Waals surface area contributed by atoms with Crippen LogP contribution in [0.2, 0.25) is 0 Å². The SMILES string of the molecule is CC1C=CC=C(c2nc(-c3ccccc3)nc(-c3cccc4oc5c(-c6ccc(-c7cccnc7)cc6)cccc5c34)n2)C=C1. The number of benzene rings is 4. The van der Waals surface area contributed by atoms with Crippen molar-refractivity contribution < 1.29 is 4.42 Å². The van der Waals surface area contributed by atoms with Gasteiger partial charge < -0.3 is 4.42 Å². The number of hydrogen-bond acceptors (Lipinski definition) is 5. The van der Waals surface area contributed by atoms with Gasteiger partial charge >= 0.3 is 0 Å². The molecule has 4 aromatic carbocycles. The number of para-hydroxylation sites is 1. The molecule has 1 unspecified atom stereocenters. The van der Waals surface area contributed by atoms with Crippen molar-refractivity contribution in [3.05, 3.63) is 152 Å². The van der Waals surface area contributed by atoms with E-state index in [1.165, 1.54) is 0 Å². The lowest BCUT2D eigenvalue weighted by Crippen LogP contribution is -2.02. The lowest BCUT2D eigenvalue weighted by molar-refractivity contribution is 0.670. The van der Waals surface area contributed by atoms with Crippen LogP contribution in [0, 0.1) is 5.92 Å². The van der Waals surface area contributed by atoms with E-state index in [0.29, 0.717) is 23.4 Å². The Balaban J connectivity index is 1.29. The molecule has 3 aromatic heterocycles. The third-order valence-electron chi connectivity index (χ3n) is 8.15. The predicted octanol–water partition coefficient (Wildman–Crippen LogP) is 9.98. The van der Waals surface area contributed by atoms with Crippen molar-refractivity contribution in [2.75, 3.05) is 0 Å². The number of pyridine rings is 1. The second-order valence-corrected chi connectivity index (χ2v) is 11.2.